The number of hydrogen-bond acceptors (Lipinski definition) is 4. The first-order chi connectivity index (χ1) is 14.0. The molecule has 1 aliphatic rings. The predicted molar refractivity (Wildman–Crippen MR) is 116 cm³/mol. The number of piperazine rings is 1. The van der Waals surface area contributed by atoms with Gasteiger partial charge in [-0.3, -0.25) is 19.4 Å². The predicted octanol–water partition coefficient (Wildman–Crippen LogP) is 2.52. The van der Waals surface area contributed by atoms with Crippen molar-refractivity contribution < 1.29 is 9.59 Å². The number of aryl methyl sites for hydroxylation is 1. The molecule has 2 N–H and O–H groups in total. The number of amides is 2. The van der Waals surface area contributed by atoms with Gasteiger partial charge >= 0.3 is 0 Å². The number of halogens is 1. The average molecular weight is 415 g/mol. The topological polar surface area (TPSA) is 64.7 Å². The van der Waals surface area contributed by atoms with Crippen LogP contribution < -0.4 is 10.6 Å². The Balaban J connectivity index is 1.34. The summed E-state index contributed by atoms with van der Waals surface area (Å²) >= 11 is 5.96. The molecule has 6 nitrogen and oxygen atoms in total. The van der Waals surface area contributed by atoms with E-state index in [1.54, 1.807) is 0 Å². The van der Waals surface area contributed by atoms with Crippen LogP contribution in [0.4, 0.5) is 5.69 Å². The van der Waals surface area contributed by atoms with Crippen molar-refractivity contribution in [2.45, 2.75) is 13.5 Å². The molecule has 1 fully saturated rings. The summed E-state index contributed by atoms with van der Waals surface area (Å²) < 4.78 is 0. The van der Waals surface area contributed by atoms with Crippen molar-refractivity contribution in [2.24, 2.45) is 0 Å². The van der Waals surface area contributed by atoms with Crippen LogP contribution in [0.5, 0.6) is 0 Å². The van der Waals surface area contributed by atoms with Crippen molar-refractivity contribution >= 4 is 29.1 Å². The van der Waals surface area contributed by atoms with Gasteiger partial charge in [0.1, 0.15) is 0 Å². The minimum Gasteiger partial charge on any atom is -0.351 e. The normalized spacial score (nSPS) is 15.1. The summed E-state index contributed by atoms with van der Waals surface area (Å²) in [4.78, 5) is 28.6. The summed E-state index contributed by atoms with van der Waals surface area (Å²) in [5, 5.41) is 6.53. The lowest BCUT2D eigenvalue weighted by Gasteiger charge is -2.33. The lowest BCUT2D eigenvalue weighted by atomic mass is 10.2. The minimum absolute atomic E-state index is 0.00413. The van der Waals surface area contributed by atoms with Gasteiger partial charge < -0.3 is 10.6 Å². The van der Waals surface area contributed by atoms with Crippen molar-refractivity contribution in [1.29, 1.82) is 0 Å². The van der Waals surface area contributed by atoms with Crippen LogP contribution >= 0.6 is 11.6 Å². The molecule has 154 valence electrons. The van der Waals surface area contributed by atoms with Gasteiger partial charge in [-0.1, -0.05) is 41.4 Å². The van der Waals surface area contributed by atoms with E-state index >= 15 is 0 Å². The molecule has 2 amide bonds. The number of hydrogen-bond donors (Lipinski definition) is 2. The van der Waals surface area contributed by atoms with Gasteiger partial charge in [0.05, 0.1) is 13.1 Å². The second kappa shape index (κ2) is 10.4. The standard InChI is InChI=1S/C22H27ClN4O2/c1-17-5-7-20(8-6-17)25-22(29)16-27-11-9-26(10-12-27)15-21(28)24-14-18-3-2-4-19(23)13-18/h2-8,13H,9-12,14-16H2,1H3,(H,24,28)(H,25,29). The van der Waals surface area contributed by atoms with Gasteiger partial charge in [-0.25, -0.2) is 0 Å². The summed E-state index contributed by atoms with van der Waals surface area (Å²) in [7, 11) is 0. The summed E-state index contributed by atoms with van der Waals surface area (Å²) in [6.45, 7) is 6.28. The Morgan fingerprint density at radius 1 is 0.931 bits per heavy atom. The number of carbonyl (C=O) groups is 2. The van der Waals surface area contributed by atoms with Gasteiger partial charge in [-0.05, 0) is 36.8 Å². The smallest absolute Gasteiger partial charge is 0.238 e. The van der Waals surface area contributed by atoms with Crippen molar-refractivity contribution in [3.8, 4) is 0 Å². The fraction of sp³-hybridized carbons (Fsp3) is 0.364. The number of rotatable bonds is 7. The van der Waals surface area contributed by atoms with E-state index in [0.717, 1.165) is 43.0 Å². The maximum absolute atomic E-state index is 12.2. The molecule has 0 aromatic heterocycles. The second-order valence-electron chi connectivity index (χ2n) is 7.37. The van der Waals surface area contributed by atoms with Crippen molar-refractivity contribution in [3.05, 3.63) is 64.7 Å². The van der Waals surface area contributed by atoms with Gasteiger partial charge in [-0.2, -0.15) is 0 Å². The fourth-order valence-electron chi connectivity index (χ4n) is 3.25. The largest absolute Gasteiger partial charge is 0.351 e. The van der Waals surface area contributed by atoms with Gasteiger partial charge in [0.2, 0.25) is 11.8 Å². The highest BCUT2D eigenvalue weighted by atomic mass is 35.5. The zero-order valence-electron chi connectivity index (χ0n) is 16.7. The Hall–Kier alpha value is -2.41. The van der Waals surface area contributed by atoms with E-state index in [4.69, 9.17) is 11.6 Å². The molecule has 0 aliphatic carbocycles. The quantitative estimate of drug-likeness (QED) is 0.730. The molecular weight excluding hydrogens is 388 g/mol. The third-order valence-corrected chi connectivity index (χ3v) is 5.15. The highest BCUT2D eigenvalue weighted by molar-refractivity contribution is 6.30. The molecular formula is C22H27ClN4O2. The number of anilines is 1. The third kappa shape index (κ3) is 7.16. The van der Waals surface area contributed by atoms with E-state index in [2.05, 4.69) is 20.4 Å². The molecule has 0 unspecified atom stereocenters. The summed E-state index contributed by atoms with van der Waals surface area (Å²) in [5.74, 6) is -0.0166. The lowest BCUT2D eigenvalue weighted by Crippen LogP contribution is -2.50. The summed E-state index contributed by atoms with van der Waals surface area (Å²) in [5.41, 5.74) is 2.96. The second-order valence-corrected chi connectivity index (χ2v) is 7.81. The number of nitrogens with one attached hydrogen (secondary N) is 2. The molecule has 0 spiro atoms. The molecule has 0 saturated carbocycles. The SMILES string of the molecule is Cc1ccc(NC(=O)CN2CCN(CC(=O)NCc3cccc(Cl)c3)CC2)cc1. The molecule has 3 rings (SSSR count). The van der Waals surface area contributed by atoms with Crippen LogP contribution in [0.25, 0.3) is 0 Å². The molecule has 1 heterocycles. The van der Waals surface area contributed by atoms with Gasteiger partial charge in [0.25, 0.3) is 0 Å². The molecule has 0 atom stereocenters. The van der Waals surface area contributed by atoms with E-state index in [-0.39, 0.29) is 11.8 Å². The minimum atomic E-state index is -0.0124. The summed E-state index contributed by atoms with van der Waals surface area (Å²) in [6.07, 6.45) is 0. The van der Waals surface area contributed by atoms with Crippen molar-refractivity contribution in [1.82, 2.24) is 15.1 Å². The highest BCUT2D eigenvalue weighted by Crippen LogP contribution is 2.11. The van der Waals surface area contributed by atoms with E-state index in [9.17, 15) is 9.59 Å². The monoisotopic (exact) mass is 414 g/mol. The first kappa shape index (κ1) is 21.3. The lowest BCUT2D eigenvalue weighted by molar-refractivity contribution is -0.123. The molecule has 1 aliphatic heterocycles. The maximum Gasteiger partial charge on any atom is 0.238 e. The number of carbonyl (C=O) groups excluding carboxylic acids is 2. The molecule has 29 heavy (non-hydrogen) atoms. The molecule has 2 aromatic rings. The Morgan fingerprint density at radius 3 is 2.17 bits per heavy atom. The van der Waals surface area contributed by atoms with Crippen LogP contribution in [-0.2, 0) is 16.1 Å². The Kier molecular flexibility index (Phi) is 7.63. The Labute approximate surface area is 176 Å². The van der Waals surface area contributed by atoms with E-state index < -0.39 is 0 Å². The first-order valence-corrected chi connectivity index (χ1v) is 10.2. The number of nitrogens with zero attached hydrogens (tertiary/aromatic N) is 2. The Morgan fingerprint density at radius 2 is 1.55 bits per heavy atom. The van der Waals surface area contributed by atoms with Crippen LogP contribution in [0.3, 0.4) is 0 Å². The molecule has 0 radical (unpaired) electrons. The molecule has 2 aromatic carbocycles. The van der Waals surface area contributed by atoms with Gasteiger partial charge in [0.15, 0.2) is 0 Å². The van der Waals surface area contributed by atoms with Crippen LogP contribution in [0.1, 0.15) is 11.1 Å². The van der Waals surface area contributed by atoms with Gasteiger partial charge in [0, 0.05) is 43.4 Å². The zero-order chi connectivity index (χ0) is 20.6. The Bertz CT molecular complexity index is 833. The van der Waals surface area contributed by atoms with Crippen LogP contribution in [0, 0.1) is 6.92 Å². The van der Waals surface area contributed by atoms with Crippen molar-refractivity contribution in [2.75, 3.05) is 44.6 Å². The molecule has 1 saturated heterocycles. The third-order valence-electron chi connectivity index (χ3n) is 4.91. The van der Waals surface area contributed by atoms with Crippen LogP contribution in [-0.4, -0.2) is 60.9 Å². The maximum atomic E-state index is 12.2. The van der Waals surface area contributed by atoms with Gasteiger partial charge in [-0.15, -0.1) is 0 Å². The summed E-state index contributed by atoms with van der Waals surface area (Å²) in [6, 6.07) is 15.2. The number of benzene rings is 2. The first-order valence-electron chi connectivity index (χ1n) is 9.80. The fourth-order valence-corrected chi connectivity index (χ4v) is 3.47. The van der Waals surface area contributed by atoms with Crippen molar-refractivity contribution in [3.63, 3.8) is 0 Å². The molecule has 0 bridgehead atoms. The van der Waals surface area contributed by atoms with Crippen LogP contribution in [0.2, 0.25) is 5.02 Å². The van der Waals surface area contributed by atoms with Crippen LogP contribution in [0.15, 0.2) is 48.5 Å². The van der Waals surface area contributed by atoms with E-state index in [1.165, 1.54) is 0 Å². The molecule has 7 heteroatoms. The zero-order valence-corrected chi connectivity index (χ0v) is 17.4. The van der Waals surface area contributed by atoms with E-state index in [1.807, 2.05) is 55.5 Å². The van der Waals surface area contributed by atoms with E-state index in [0.29, 0.717) is 24.7 Å². The highest BCUT2D eigenvalue weighted by Gasteiger charge is 2.20. The average Bonchev–Trinajstić information content (AvgIpc) is 2.70.